The molecule has 0 atom stereocenters. The van der Waals surface area contributed by atoms with E-state index < -0.39 is 5.91 Å². The van der Waals surface area contributed by atoms with Crippen LogP contribution in [0.25, 0.3) is 25.2 Å². The van der Waals surface area contributed by atoms with E-state index in [2.05, 4.69) is 22.5 Å². The van der Waals surface area contributed by atoms with E-state index in [0.29, 0.717) is 10.6 Å². The number of nitrogens with one attached hydrogen (secondary N) is 1. The molecule has 6 nitrogen and oxygen atoms in total. The molecule has 0 aliphatic rings. The van der Waals surface area contributed by atoms with Gasteiger partial charge in [-0.25, -0.2) is 4.68 Å². The average Bonchev–Trinajstić information content (AvgIpc) is 3.43. The molecule has 2 amide bonds. The number of aromatic nitrogens is 2. The largest absolute Gasteiger partial charge is 0.364 e. The van der Waals surface area contributed by atoms with E-state index in [1.807, 2.05) is 30.3 Å². The monoisotopic (exact) mass is 418 g/mol. The van der Waals surface area contributed by atoms with Crippen molar-refractivity contribution < 1.29 is 9.59 Å². The molecular weight excluding hydrogens is 404 g/mol. The predicted molar refractivity (Wildman–Crippen MR) is 117 cm³/mol. The zero-order valence-electron chi connectivity index (χ0n) is 15.0. The summed E-state index contributed by atoms with van der Waals surface area (Å²) in [5.74, 6) is -0.707. The Labute approximate surface area is 173 Å². The van der Waals surface area contributed by atoms with E-state index in [1.54, 1.807) is 40.4 Å². The van der Waals surface area contributed by atoms with Gasteiger partial charge in [-0.2, -0.15) is 5.10 Å². The molecule has 8 heteroatoms. The van der Waals surface area contributed by atoms with E-state index in [1.165, 1.54) is 21.4 Å². The second-order valence-corrected chi connectivity index (χ2v) is 8.55. The summed E-state index contributed by atoms with van der Waals surface area (Å²) in [5.41, 5.74) is 6.88. The highest BCUT2D eigenvalue weighted by molar-refractivity contribution is 7.33. The summed E-state index contributed by atoms with van der Waals surface area (Å²) in [4.78, 5) is 24.5. The molecule has 0 aliphatic carbocycles. The van der Waals surface area contributed by atoms with Gasteiger partial charge in [0.15, 0.2) is 0 Å². The summed E-state index contributed by atoms with van der Waals surface area (Å²) < 4.78 is 5.06. The van der Waals surface area contributed by atoms with E-state index in [9.17, 15) is 9.59 Å². The van der Waals surface area contributed by atoms with Crippen LogP contribution in [0.3, 0.4) is 0 Å². The standard InChI is InChI=1S/C21H14N4O2S2/c22-20(26)15-9-10-25(24-15)13-7-5-12(6-8-13)23-21(27)18-11-17-19(29-18)14-3-1-2-4-16(14)28-17/h1-11H,(H2,22,26)(H,23,27). The molecule has 2 aromatic carbocycles. The number of nitrogens with two attached hydrogens (primary N) is 1. The first-order valence-electron chi connectivity index (χ1n) is 8.77. The first kappa shape index (κ1) is 17.6. The summed E-state index contributed by atoms with van der Waals surface area (Å²) in [7, 11) is 0. The molecule has 0 radical (unpaired) electrons. The Hall–Kier alpha value is -3.49. The lowest BCUT2D eigenvalue weighted by Crippen LogP contribution is -2.12. The van der Waals surface area contributed by atoms with Crippen molar-refractivity contribution in [2.45, 2.75) is 0 Å². The maximum absolute atomic E-state index is 12.7. The van der Waals surface area contributed by atoms with Gasteiger partial charge in [-0.05, 0) is 42.5 Å². The lowest BCUT2D eigenvalue weighted by atomic mass is 10.2. The van der Waals surface area contributed by atoms with Crippen molar-refractivity contribution in [1.82, 2.24) is 9.78 Å². The van der Waals surface area contributed by atoms with Gasteiger partial charge in [-0.1, -0.05) is 18.2 Å². The number of carbonyl (C=O) groups excluding carboxylic acids is 2. The van der Waals surface area contributed by atoms with Crippen molar-refractivity contribution in [3.63, 3.8) is 0 Å². The lowest BCUT2D eigenvalue weighted by molar-refractivity contribution is 0.0993. The third kappa shape index (κ3) is 3.18. The molecule has 0 bridgehead atoms. The SMILES string of the molecule is NC(=O)c1ccn(-c2ccc(NC(=O)c3cc4sc5ccccc5c4s3)cc2)n1. The van der Waals surface area contributed by atoms with Crippen LogP contribution in [-0.4, -0.2) is 21.6 Å². The van der Waals surface area contributed by atoms with Gasteiger partial charge in [0.25, 0.3) is 11.8 Å². The summed E-state index contributed by atoms with van der Waals surface area (Å²) >= 11 is 3.20. The van der Waals surface area contributed by atoms with Crippen molar-refractivity contribution in [1.29, 1.82) is 0 Å². The van der Waals surface area contributed by atoms with Gasteiger partial charge in [-0.15, -0.1) is 22.7 Å². The maximum Gasteiger partial charge on any atom is 0.269 e. The maximum atomic E-state index is 12.7. The number of rotatable bonds is 4. The number of amides is 2. The quantitative estimate of drug-likeness (QED) is 0.445. The number of hydrogen-bond donors (Lipinski definition) is 2. The molecule has 3 aromatic heterocycles. The van der Waals surface area contributed by atoms with Crippen molar-refractivity contribution in [3.8, 4) is 5.69 Å². The number of fused-ring (bicyclic) bond motifs is 3. The van der Waals surface area contributed by atoms with Crippen LogP contribution in [0, 0.1) is 0 Å². The summed E-state index contributed by atoms with van der Waals surface area (Å²) in [6.45, 7) is 0. The Morgan fingerprint density at radius 2 is 1.76 bits per heavy atom. The van der Waals surface area contributed by atoms with Crippen LogP contribution in [0.1, 0.15) is 20.2 Å². The fraction of sp³-hybridized carbons (Fsp3) is 0. The van der Waals surface area contributed by atoms with Crippen LogP contribution in [-0.2, 0) is 0 Å². The number of anilines is 1. The number of hydrogen-bond acceptors (Lipinski definition) is 5. The van der Waals surface area contributed by atoms with Crippen molar-refractivity contribution in [2.75, 3.05) is 5.32 Å². The number of benzene rings is 2. The van der Waals surface area contributed by atoms with Crippen molar-refractivity contribution in [2.24, 2.45) is 5.73 Å². The second-order valence-electron chi connectivity index (χ2n) is 6.41. The fourth-order valence-corrected chi connectivity index (χ4v) is 5.52. The average molecular weight is 419 g/mol. The van der Waals surface area contributed by atoms with Gasteiger partial charge < -0.3 is 11.1 Å². The molecule has 29 heavy (non-hydrogen) atoms. The molecule has 3 N–H and O–H groups in total. The van der Waals surface area contributed by atoms with E-state index >= 15 is 0 Å². The molecule has 0 fully saturated rings. The highest BCUT2D eigenvalue weighted by Crippen LogP contribution is 2.39. The van der Waals surface area contributed by atoms with Gasteiger partial charge in [0.2, 0.25) is 0 Å². The van der Waals surface area contributed by atoms with Crippen LogP contribution in [0.4, 0.5) is 5.69 Å². The fourth-order valence-electron chi connectivity index (χ4n) is 3.10. The Balaban J connectivity index is 1.36. The van der Waals surface area contributed by atoms with Crippen molar-refractivity contribution >= 4 is 59.7 Å². The van der Waals surface area contributed by atoms with Crippen molar-refractivity contribution in [3.05, 3.63) is 77.4 Å². The minimum atomic E-state index is -0.573. The Morgan fingerprint density at radius 3 is 2.52 bits per heavy atom. The number of primary amides is 1. The first-order valence-corrected chi connectivity index (χ1v) is 10.4. The first-order chi connectivity index (χ1) is 14.1. The van der Waals surface area contributed by atoms with Gasteiger partial charge in [0, 0.05) is 26.7 Å². The third-order valence-electron chi connectivity index (χ3n) is 4.50. The molecule has 0 unspecified atom stereocenters. The molecule has 5 rings (SSSR count). The Bertz CT molecular complexity index is 1380. The molecule has 3 heterocycles. The van der Waals surface area contributed by atoms with Gasteiger partial charge in [0.05, 0.1) is 15.3 Å². The summed E-state index contributed by atoms with van der Waals surface area (Å²) in [5, 5.41) is 8.24. The molecule has 0 spiro atoms. The zero-order chi connectivity index (χ0) is 20.0. The third-order valence-corrected chi connectivity index (χ3v) is 6.92. The van der Waals surface area contributed by atoms with E-state index in [-0.39, 0.29) is 11.6 Å². The van der Waals surface area contributed by atoms with Crippen LogP contribution < -0.4 is 11.1 Å². The van der Waals surface area contributed by atoms with Gasteiger partial charge in [0.1, 0.15) is 5.69 Å². The summed E-state index contributed by atoms with van der Waals surface area (Å²) in [6.07, 6.45) is 1.66. The second kappa shape index (κ2) is 6.84. The van der Waals surface area contributed by atoms with Gasteiger partial charge >= 0.3 is 0 Å². The molecule has 5 aromatic rings. The smallest absolute Gasteiger partial charge is 0.269 e. The number of carbonyl (C=O) groups is 2. The molecule has 0 saturated heterocycles. The Morgan fingerprint density at radius 1 is 0.966 bits per heavy atom. The molecular formula is C21H14N4O2S2. The molecule has 0 aliphatic heterocycles. The normalized spacial score (nSPS) is 11.2. The number of thiophene rings is 2. The van der Waals surface area contributed by atoms with E-state index in [0.717, 1.165) is 15.1 Å². The minimum absolute atomic E-state index is 0.134. The van der Waals surface area contributed by atoms with Crippen LogP contribution in [0.15, 0.2) is 66.9 Å². The van der Waals surface area contributed by atoms with E-state index in [4.69, 9.17) is 5.73 Å². The summed E-state index contributed by atoms with van der Waals surface area (Å²) in [6, 6.07) is 19.0. The minimum Gasteiger partial charge on any atom is -0.364 e. The molecule has 142 valence electrons. The lowest BCUT2D eigenvalue weighted by Gasteiger charge is -2.06. The molecule has 0 saturated carbocycles. The zero-order valence-corrected chi connectivity index (χ0v) is 16.6. The Kier molecular flexibility index (Phi) is 4.15. The highest BCUT2D eigenvalue weighted by atomic mass is 32.1. The van der Waals surface area contributed by atoms with Crippen LogP contribution in [0.2, 0.25) is 0 Å². The topological polar surface area (TPSA) is 90.0 Å². The number of nitrogens with zero attached hydrogens (tertiary/aromatic N) is 2. The van der Waals surface area contributed by atoms with Crippen LogP contribution in [0.5, 0.6) is 0 Å². The predicted octanol–water partition coefficient (Wildman–Crippen LogP) is 4.65. The van der Waals surface area contributed by atoms with Gasteiger partial charge in [-0.3, -0.25) is 9.59 Å². The highest BCUT2D eigenvalue weighted by Gasteiger charge is 2.14. The van der Waals surface area contributed by atoms with Crippen LogP contribution >= 0.6 is 22.7 Å².